The van der Waals surface area contributed by atoms with Gasteiger partial charge in [0, 0.05) is 0 Å². The van der Waals surface area contributed by atoms with Gasteiger partial charge in [0.15, 0.2) is 0 Å². The molecule has 243 valence electrons. The number of hydrogen-bond acceptors (Lipinski definition) is 0. The lowest BCUT2D eigenvalue weighted by atomic mass is 9.76. The summed E-state index contributed by atoms with van der Waals surface area (Å²) in [6.45, 7) is 10.9. The number of nitrogens with zero attached hydrogens (tertiary/aromatic N) is 2. The van der Waals surface area contributed by atoms with Gasteiger partial charge >= 0.3 is 0 Å². The van der Waals surface area contributed by atoms with E-state index in [0.29, 0.717) is 0 Å². The van der Waals surface area contributed by atoms with E-state index in [-0.39, 0.29) is 0 Å². The molecule has 0 unspecified atom stereocenters. The maximum atomic E-state index is 5.59. The topological polar surface area (TPSA) is 0 Å². The Morgan fingerprint density at radius 1 is 0.476 bits per heavy atom. The standard InChI is InChI=1S/C38H77B2N2/c1-40-30-19-15-11-7-5-9-13-17-21-32-42(3)35-27-38(28-36-42)24-22-23-37-25-33-41(2,34-26-37)31-20-16-12-8-4-6-10-14-18-29-39/h37-38H,4-36H2,1-3H3/q+2. The summed E-state index contributed by atoms with van der Waals surface area (Å²) in [6, 6.07) is 0. The molecule has 2 rings (SSSR count). The van der Waals surface area contributed by atoms with Crippen LogP contribution < -0.4 is 0 Å². The molecule has 0 aromatic heterocycles. The summed E-state index contributed by atoms with van der Waals surface area (Å²) in [6.07, 6.45) is 38.5. The lowest BCUT2D eigenvalue weighted by Crippen LogP contribution is -2.50. The number of rotatable bonds is 27. The van der Waals surface area contributed by atoms with Crippen LogP contribution in [-0.2, 0) is 0 Å². The zero-order chi connectivity index (χ0) is 30.2. The average molecular weight is 584 g/mol. The Morgan fingerprint density at radius 3 is 1.17 bits per heavy atom. The fourth-order valence-corrected chi connectivity index (χ4v) is 8.16. The molecule has 2 aliphatic heterocycles. The van der Waals surface area contributed by atoms with Crippen molar-refractivity contribution in [2.75, 3.05) is 53.4 Å². The van der Waals surface area contributed by atoms with Gasteiger partial charge in [0.2, 0.25) is 0 Å². The SMILES string of the molecule is [B]CCCCCCCCCCC[N+]1(C)CCC(CCCC2CC[N+](C)(CCCCCCCCCCC[B]C)CC2)CC1. The van der Waals surface area contributed by atoms with Crippen molar-refractivity contribution in [2.45, 2.75) is 180 Å². The molecule has 4 heteroatoms. The third kappa shape index (κ3) is 18.8. The average Bonchev–Trinajstić information content (AvgIpc) is 2.99. The van der Waals surface area contributed by atoms with Crippen LogP contribution in [0, 0.1) is 11.8 Å². The monoisotopic (exact) mass is 584 g/mol. The van der Waals surface area contributed by atoms with E-state index >= 15 is 0 Å². The van der Waals surface area contributed by atoms with E-state index in [9.17, 15) is 0 Å². The van der Waals surface area contributed by atoms with E-state index in [4.69, 9.17) is 7.85 Å². The van der Waals surface area contributed by atoms with Gasteiger partial charge in [-0.1, -0.05) is 129 Å². The fourth-order valence-electron chi connectivity index (χ4n) is 8.16. The van der Waals surface area contributed by atoms with Crippen molar-refractivity contribution in [3.8, 4) is 0 Å². The summed E-state index contributed by atoms with van der Waals surface area (Å²) in [5.41, 5.74) is 0. The minimum absolute atomic E-state index is 0.871. The molecular formula is C38H77B2N2+2. The number of unbranched alkanes of at least 4 members (excludes halogenated alkanes) is 16. The lowest BCUT2D eigenvalue weighted by molar-refractivity contribution is -0.915. The highest BCUT2D eigenvalue weighted by Crippen LogP contribution is 2.31. The van der Waals surface area contributed by atoms with Crippen LogP contribution in [0.5, 0.6) is 0 Å². The zero-order valence-corrected chi connectivity index (χ0v) is 29.5. The minimum Gasteiger partial charge on any atom is -0.326 e. The lowest BCUT2D eigenvalue weighted by Gasteiger charge is -2.41. The largest absolute Gasteiger partial charge is 0.326 e. The smallest absolute Gasteiger partial charge is 0.105 e. The van der Waals surface area contributed by atoms with Crippen molar-refractivity contribution in [2.24, 2.45) is 11.8 Å². The number of quaternary nitrogens is 2. The summed E-state index contributed by atoms with van der Waals surface area (Å²) in [5, 5.41) is 0. The molecule has 2 saturated heterocycles. The van der Waals surface area contributed by atoms with Crippen LogP contribution in [0.3, 0.4) is 0 Å². The molecule has 0 aromatic rings. The van der Waals surface area contributed by atoms with Crippen LogP contribution in [0.25, 0.3) is 0 Å². The first-order valence-electron chi connectivity index (χ1n) is 19.6. The van der Waals surface area contributed by atoms with E-state index in [2.05, 4.69) is 28.2 Å². The molecule has 42 heavy (non-hydrogen) atoms. The second kappa shape index (κ2) is 24.3. The van der Waals surface area contributed by atoms with Gasteiger partial charge in [-0.3, -0.25) is 0 Å². The molecule has 3 radical (unpaired) electrons. The van der Waals surface area contributed by atoms with Gasteiger partial charge in [-0.25, -0.2) is 0 Å². The maximum Gasteiger partial charge on any atom is 0.105 e. The Bertz CT molecular complexity index is 596. The second-order valence-electron chi connectivity index (χ2n) is 15.7. The predicted molar refractivity (Wildman–Crippen MR) is 191 cm³/mol. The first-order valence-corrected chi connectivity index (χ1v) is 19.6. The number of likely N-dealkylation sites (tertiary alicyclic amines) is 2. The highest BCUT2D eigenvalue weighted by atomic mass is 15.3. The van der Waals surface area contributed by atoms with Gasteiger partial charge in [-0.15, -0.1) is 0 Å². The van der Waals surface area contributed by atoms with Crippen molar-refractivity contribution in [1.82, 2.24) is 0 Å². The van der Waals surface area contributed by atoms with Crippen LogP contribution in [-0.4, -0.2) is 77.5 Å². The van der Waals surface area contributed by atoms with Gasteiger partial charge in [-0.2, -0.15) is 0 Å². The number of piperidine rings is 2. The summed E-state index contributed by atoms with van der Waals surface area (Å²) in [7, 11) is 13.0. The molecule has 2 heterocycles. The van der Waals surface area contributed by atoms with E-state index < -0.39 is 0 Å². The molecule has 0 amide bonds. The molecule has 0 bridgehead atoms. The van der Waals surface area contributed by atoms with Crippen LogP contribution in [0.1, 0.15) is 161 Å². The van der Waals surface area contributed by atoms with Gasteiger partial charge < -0.3 is 8.97 Å². The first-order chi connectivity index (χ1) is 20.5. The first kappa shape index (κ1) is 38.2. The Morgan fingerprint density at radius 2 is 0.810 bits per heavy atom. The molecule has 2 nitrogen and oxygen atoms in total. The Hall–Kier alpha value is 0.0499. The molecule has 0 atom stereocenters. The molecule has 2 fully saturated rings. The molecular weight excluding hydrogens is 506 g/mol. The third-order valence-electron chi connectivity index (χ3n) is 11.6. The van der Waals surface area contributed by atoms with Gasteiger partial charge in [-0.05, 0) is 63.2 Å². The van der Waals surface area contributed by atoms with Crippen LogP contribution >= 0.6 is 0 Å². The van der Waals surface area contributed by atoms with Crippen LogP contribution in [0.15, 0.2) is 0 Å². The normalized spacial score (nSPS) is 26.5. The summed E-state index contributed by atoms with van der Waals surface area (Å²) >= 11 is 0. The van der Waals surface area contributed by atoms with Crippen LogP contribution in [0.4, 0.5) is 0 Å². The van der Waals surface area contributed by atoms with Crippen molar-refractivity contribution in [1.29, 1.82) is 0 Å². The zero-order valence-electron chi connectivity index (χ0n) is 29.5. The van der Waals surface area contributed by atoms with E-state index in [1.165, 1.54) is 215 Å². The maximum absolute atomic E-state index is 5.59. The van der Waals surface area contributed by atoms with Crippen LogP contribution in [0.2, 0.25) is 19.5 Å². The minimum atomic E-state index is 0.871. The van der Waals surface area contributed by atoms with Gasteiger partial charge in [0.1, 0.15) is 7.28 Å². The third-order valence-corrected chi connectivity index (χ3v) is 11.6. The summed E-state index contributed by atoms with van der Waals surface area (Å²) < 4.78 is 2.74. The van der Waals surface area contributed by atoms with Crippen molar-refractivity contribution in [3.05, 3.63) is 0 Å². The fraction of sp³-hybridized carbons (Fsp3) is 1.00. The molecule has 0 aliphatic carbocycles. The summed E-state index contributed by atoms with van der Waals surface area (Å²) in [5.74, 6) is 2.06. The highest BCUT2D eigenvalue weighted by molar-refractivity contribution is 6.33. The van der Waals surface area contributed by atoms with E-state index in [1.54, 1.807) is 0 Å². The summed E-state index contributed by atoms with van der Waals surface area (Å²) in [4.78, 5) is 0. The molecule has 0 saturated carbocycles. The van der Waals surface area contributed by atoms with Crippen molar-refractivity contribution in [3.63, 3.8) is 0 Å². The predicted octanol–water partition coefficient (Wildman–Crippen LogP) is 10.6. The van der Waals surface area contributed by atoms with Crippen molar-refractivity contribution >= 4 is 15.1 Å². The van der Waals surface area contributed by atoms with Gasteiger partial charge in [0.25, 0.3) is 0 Å². The second-order valence-corrected chi connectivity index (χ2v) is 15.7. The number of hydrogen-bond donors (Lipinski definition) is 0. The van der Waals surface area contributed by atoms with E-state index in [1.807, 2.05) is 0 Å². The Kier molecular flexibility index (Phi) is 22.1. The molecule has 2 aliphatic rings. The highest BCUT2D eigenvalue weighted by Gasteiger charge is 2.31. The Labute approximate surface area is 268 Å². The molecule has 0 aromatic carbocycles. The Balaban J connectivity index is 1.40. The molecule has 0 spiro atoms. The van der Waals surface area contributed by atoms with Crippen molar-refractivity contribution < 1.29 is 8.97 Å². The molecule has 0 N–H and O–H groups in total. The van der Waals surface area contributed by atoms with E-state index in [0.717, 1.165) is 18.2 Å². The quantitative estimate of drug-likeness (QED) is 0.0513. The van der Waals surface area contributed by atoms with Gasteiger partial charge in [0.05, 0.1) is 61.2 Å².